The quantitative estimate of drug-likeness (QED) is 0.798. The van der Waals surface area contributed by atoms with E-state index in [1.165, 1.54) is 39.2 Å². The van der Waals surface area contributed by atoms with Crippen molar-refractivity contribution in [3.05, 3.63) is 0 Å². The van der Waals surface area contributed by atoms with Crippen LogP contribution in [0.3, 0.4) is 0 Å². The van der Waals surface area contributed by atoms with Crippen LogP contribution in [0.2, 0.25) is 0 Å². The number of hydrogen-bond acceptors (Lipinski definition) is 3. The van der Waals surface area contributed by atoms with Gasteiger partial charge in [-0.1, -0.05) is 25.7 Å². The van der Waals surface area contributed by atoms with E-state index < -0.39 is 6.04 Å². The van der Waals surface area contributed by atoms with Gasteiger partial charge in [-0.25, -0.2) is 4.79 Å². The van der Waals surface area contributed by atoms with Gasteiger partial charge in [-0.3, -0.25) is 4.79 Å². The Labute approximate surface area is 115 Å². The molecular weight excluding hydrogens is 242 g/mol. The van der Waals surface area contributed by atoms with E-state index >= 15 is 0 Å². The van der Waals surface area contributed by atoms with Crippen molar-refractivity contribution in [3.63, 3.8) is 0 Å². The molecule has 2 rings (SSSR count). The number of rotatable bonds is 3. The third kappa shape index (κ3) is 3.48. The minimum atomic E-state index is -0.540. The highest BCUT2D eigenvalue weighted by Crippen LogP contribution is 2.42. The largest absolute Gasteiger partial charge is 0.467 e. The fraction of sp³-hybridized carbons (Fsp3) is 0.867. The van der Waals surface area contributed by atoms with Gasteiger partial charge in [-0.05, 0) is 38.0 Å². The summed E-state index contributed by atoms with van der Waals surface area (Å²) in [5.74, 6) is 1.32. The van der Waals surface area contributed by atoms with Crippen LogP contribution in [-0.4, -0.2) is 25.0 Å². The lowest BCUT2D eigenvalue weighted by Crippen LogP contribution is -2.44. The number of fused-ring (bicyclic) bond motifs is 1. The molecule has 0 aliphatic heterocycles. The Balaban J connectivity index is 1.85. The van der Waals surface area contributed by atoms with Crippen LogP contribution in [0.1, 0.15) is 51.9 Å². The topological polar surface area (TPSA) is 55.4 Å². The van der Waals surface area contributed by atoms with E-state index in [0.717, 1.165) is 24.7 Å². The zero-order valence-corrected chi connectivity index (χ0v) is 12.0. The first-order valence-corrected chi connectivity index (χ1v) is 7.50. The van der Waals surface area contributed by atoms with Gasteiger partial charge < -0.3 is 10.1 Å². The molecule has 4 atom stereocenters. The van der Waals surface area contributed by atoms with Gasteiger partial charge in [0.25, 0.3) is 0 Å². The number of carbonyl (C=O) groups excluding carboxylic acids is 2. The first-order valence-electron chi connectivity index (χ1n) is 7.50. The zero-order valence-electron chi connectivity index (χ0n) is 12.0. The van der Waals surface area contributed by atoms with E-state index in [2.05, 4.69) is 10.1 Å². The van der Waals surface area contributed by atoms with Crippen molar-refractivity contribution in [1.82, 2.24) is 5.32 Å². The third-order valence-corrected chi connectivity index (χ3v) is 4.82. The molecule has 0 aromatic carbocycles. The number of ether oxygens (including phenoxy) is 1. The lowest BCUT2D eigenvalue weighted by molar-refractivity contribution is -0.145. The molecule has 1 N–H and O–H groups in total. The molecule has 0 heterocycles. The molecule has 0 bridgehead atoms. The lowest BCUT2D eigenvalue weighted by atomic mass is 9.67. The highest BCUT2D eigenvalue weighted by molar-refractivity contribution is 5.85. The summed E-state index contributed by atoms with van der Waals surface area (Å²) in [6, 6.07) is -0.540. The van der Waals surface area contributed by atoms with Crippen LogP contribution in [-0.2, 0) is 14.3 Å². The molecule has 2 saturated carbocycles. The number of methoxy groups -OCH3 is 1. The van der Waals surface area contributed by atoms with Crippen LogP contribution in [0.4, 0.5) is 0 Å². The van der Waals surface area contributed by atoms with E-state index in [9.17, 15) is 9.59 Å². The Morgan fingerprint density at radius 2 is 1.79 bits per heavy atom. The number of carbonyl (C=O) groups is 2. The van der Waals surface area contributed by atoms with E-state index in [1.54, 1.807) is 6.92 Å². The summed E-state index contributed by atoms with van der Waals surface area (Å²) in [5.41, 5.74) is 0. The van der Waals surface area contributed by atoms with Crippen LogP contribution < -0.4 is 5.32 Å². The second-order valence-corrected chi connectivity index (χ2v) is 6.07. The van der Waals surface area contributed by atoms with Crippen LogP contribution in [0, 0.1) is 17.8 Å². The summed E-state index contributed by atoms with van der Waals surface area (Å²) in [6.07, 6.45) is 8.45. The van der Waals surface area contributed by atoms with Crippen molar-refractivity contribution in [3.8, 4) is 0 Å². The molecule has 4 unspecified atom stereocenters. The van der Waals surface area contributed by atoms with Gasteiger partial charge in [0.2, 0.25) is 5.91 Å². The minimum absolute atomic E-state index is 0.0296. The number of hydrogen-bond donors (Lipinski definition) is 1. The van der Waals surface area contributed by atoms with Crippen molar-refractivity contribution in [2.75, 3.05) is 7.11 Å². The first kappa shape index (κ1) is 14.4. The van der Waals surface area contributed by atoms with Gasteiger partial charge in [0.15, 0.2) is 0 Å². The molecule has 0 aromatic heterocycles. The highest BCUT2D eigenvalue weighted by atomic mass is 16.5. The van der Waals surface area contributed by atoms with Crippen LogP contribution in [0.5, 0.6) is 0 Å². The number of nitrogens with one attached hydrogen (secondary N) is 1. The summed E-state index contributed by atoms with van der Waals surface area (Å²) < 4.78 is 4.63. The summed E-state index contributed by atoms with van der Waals surface area (Å²) in [6.45, 7) is 1.68. The Hall–Kier alpha value is -1.06. The molecule has 4 nitrogen and oxygen atoms in total. The second-order valence-electron chi connectivity index (χ2n) is 6.07. The van der Waals surface area contributed by atoms with E-state index in [-0.39, 0.29) is 17.8 Å². The molecule has 108 valence electrons. The van der Waals surface area contributed by atoms with Gasteiger partial charge >= 0.3 is 5.97 Å². The van der Waals surface area contributed by atoms with Gasteiger partial charge in [-0.15, -0.1) is 0 Å². The molecule has 0 aromatic rings. The average Bonchev–Trinajstić information content (AvgIpc) is 2.45. The predicted molar refractivity (Wildman–Crippen MR) is 72.4 cm³/mol. The van der Waals surface area contributed by atoms with Crippen LogP contribution in [0.25, 0.3) is 0 Å². The monoisotopic (exact) mass is 267 g/mol. The summed E-state index contributed by atoms with van der Waals surface area (Å²) in [4.78, 5) is 23.5. The minimum Gasteiger partial charge on any atom is -0.467 e. The van der Waals surface area contributed by atoms with Crippen molar-refractivity contribution in [2.24, 2.45) is 17.8 Å². The molecule has 0 saturated heterocycles. The maximum absolute atomic E-state index is 12.2. The summed E-state index contributed by atoms with van der Waals surface area (Å²) in [5, 5.41) is 2.78. The molecular formula is C15H25NO3. The standard InChI is InChI=1S/C15H25NO3/c1-10(15(18)19-2)16-14(17)13-8-7-11-5-3-4-6-12(11)9-13/h10-13H,3-9H2,1-2H3,(H,16,17). The SMILES string of the molecule is COC(=O)C(C)NC(=O)C1CCC2CCCCC2C1. The van der Waals surface area contributed by atoms with Crippen molar-refractivity contribution in [1.29, 1.82) is 0 Å². The van der Waals surface area contributed by atoms with Gasteiger partial charge in [0, 0.05) is 5.92 Å². The van der Waals surface area contributed by atoms with Crippen LogP contribution >= 0.6 is 0 Å². The third-order valence-electron chi connectivity index (χ3n) is 4.82. The van der Waals surface area contributed by atoms with Crippen LogP contribution in [0.15, 0.2) is 0 Å². The number of amides is 1. The van der Waals surface area contributed by atoms with Gasteiger partial charge in [0.05, 0.1) is 7.11 Å². The highest BCUT2D eigenvalue weighted by Gasteiger charge is 2.35. The van der Waals surface area contributed by atoms with Crippen molar-refractivity contribution >= 4 is 11.9 Å². The Bertz CT molecular complexity index is 342. The Kier molecular flexibility index (Phi) is 4.83. The second kappa shape index (κ2) is 6.40. The molecule has 1 amide bonds. The van der Waals surface area contributed by atoms with Crippen molar-refractivity contribution in [2.45, 2.75) is 57.9 Å². The van der Waals surface area contributed by atoms with Gasteiger partial charge in [0.1, 0.15) is 6.04 Å². The normalized spacial score (nSPS) is 32.0. The Morgan fingerprint density at radius 1 is 1.11 bits per heavy atom. The number of esters is 1. The fourth-order valence-electron chi connectivity index (χ4n) is 3.68. The fourth-order valence-corrected chi connectivity index (χ4v) is 3.68. The van der Waals surface area contributed by atoms with E-state index in [1.807, 2.05) is 0 Å². The molecule has 2 fully saturated rings. The van der Waals surface area contributed by atoms with Crippen molar-refractivity contribution < 1.29 is 14.3 Å². The zero-order chi connectivity index (χ0) is 13.8. The molecule has 0 spiro atoms. The Morgan fingerprint density at radius 3 is 2.47 bits per heavy atom. The average molecular weight is 267 g/mol. The summed E-state index contributed by atoms with van der Waals surface area (Å²) in [7, 11) is 1.35. The van der Waals surface area contributed by atoms with E-state index in [0.29, 0.717) is 0 Å². The smallest absolute Gasteiger partial charge is 0.328 e. The van der Waals surface area contributed by atoms with Gasteiger partial charge in [-0.2, -0.15) is 0 Å². The molecule has 2 aliphatic carbocycles. The molecule has 4 heteroatoms. The maximum Gasteiger partial charge on any atom is 0.328 e. The molecule has 2 aliphatic rings. The lowest BCUT2D eigenvalue weighted by Gasteiger charge is -2.38. The molecule has 0 radical (unpaired) electrons. The van der Waals surface area contributed by atoms with E-state index in [4.69, 9.17) is 0 Å². The predicted octanol–water partition coefficient (Wildman–Crippen LogP) is 2.27. The summed E-state index contributed by atoms with van der Waals surface area (Å²) >= 11 is 0. The molecule has 19 heavy (non-hydrogen) atoms. The maximum atomic E-state index is 12.2. The first-order chi connectivity index (χ1) is 9.11.